The summed E-state index contributed by atoms with van der Waals surface area (Å²) in [7, 11) is 0. The van der Waals surface area contributed by atoms with Gasteiger partial charge in [-0.25, -0.2) is 0 Å². The number of nitrogens with one attached hydrogen (secondary N) is 1. The van der Waals surface area contributed by atoms with E-state index >= 15 is 0 Å². The highest BCUT2D eigenvalue weighted by Gasteiger charge is 2.03. The molecule has 0 radical (unpaired) electrons. The Morgan fingerprint density at radius 3 is 1.85 bits per heavy atom. The molecule has 5 heteroatoms. The number of nitrogens with zero attached hydrogens (tertiary/aromatic N) is 1. The largest absolute Gasteiger partial charge is 0.494 e. The molecule has 0 aliphatic carbocycles. The second kappa shape index (κ2) is 13.9. The molecule has 0 unspecified atom stereocenters. The second-order valence-electron chi connectivity index (χ2n) is 8.01. The lowest BCUT2D eigenvalue weighted by Crippen LogP contribution is -2.24. The number of aromatic nitrogens is 1. The van der Waals surface area contributed by atoms with Crippen LogP contribution in [0, 0.1) is 0 Å². The summed E-state index contributed by atoms with van der Waals surface area (Å²) >= 11 is 0. The van der Waals surface area contributed by atoms with E-state index in [2.05, 4.69) is 41.5 Å². The first-order valence-corrected chi connectivity index (χ1v) is 11.9. The highest BCUT2D eigenvalue weighted by atomic mass is 16.5. The molecular weight excluding hydrogens is 412 g/mol. The van der Waals surface area contributed by atoms with Crippen LogP contribution in [0.15, 0.2) is 73.1 Å². The van der Waals surface area contributed by atoms with Crippen molar-refractivity contribution in [1.82, 2.24) is 10.3 Å². The van der Waals surface area contributed by atoms with E-state index in [1.165, 1.54) is 5.56 Å². The van der Waals surface area contributed by atoms with Gasteiger partial charge in [0, 0.05) is 24.5 Å². The van der Waals surface area contributed by atoms with Crippen molar-refractivity contribution in [1.29, 1.82) is 0 Å². The average Bonchev–Trinajstić information content (AvgIpc) is 2.87. The Balaban J connectivity index is 1.28. The number of amides is 1. The highest BCUT2D eigenvalue weighted by Crippen LogP contribution is 2.25. The molecule has 1 N–H and O–H groups in total. The van der Waals surface area contributed by atoms with Crippen LogP contribution in [0.5, 0.6) is 11.5 Å². The van der Waals surface area contributed by atoms with Crippen LogP contribution in [0.2, 0.25) is 0 Å². The van der Waals surface area contributed by atoms with E-state index in [1.807, 2.05) is 24.3 Å². The fraction of sp³-hybridized carbons (Fsp3) is 0.357. The molecule has 0 saturated heterocycles. The normalized spacial score (nSPS) is 10.6. The molecule has 0 spiro atoms. The first-order chi connectivity index (χ1) is 16.3. The molecule has 0 saturated carbocycles. The standard InChI is InChI=1S/C28H34N2O3/c1-2-3-21-32-26-12-8-23(9-13-26)24-10-14-27(15-11-24)33-22-7-5-4-6-18-30-28(31)25-16-19-29-20-17-25/h8-17,19-20H,2-7,18,21-22H2,1H3,(H,30,31). The van der Waals surface area contributed by atoms with Crippen LogP contribution in [0.1, 0.15) is 55.8 Å². The molecule has 3 rings (SSSR count). The number of ether oxygens (including phenoxy) is 2. The topological polar surface area (TPSA) is 60.5 Å². The Bertz CT molecular complexity index is 941. The number of carbonyl (C=O) groups excluding carboxylic acids is 1. The molecule has 0 aliphatic heterocycles. The van der Waals surface area contributed by atoms with Crippen molar-refractivity contribution in [3.63, 3.8) is 0 Å². The molecular formula is C28H34N2O3. The summed E-state index contributed by atoms with van der Waals surface area (Å²) in [5, 5.41) is 2.94. The van der Waals surface area contributed by atoms with Gasteiger partial charge in [-0.3, -0.25) is 9.78 Å². The van der Waals surface area contributed by atoms with Gasteiger partial charge >= 0.3 is 0 Å². The first-order valence-electron chi connectivity index (χ1n) is 11.9. The van der Waals surface area contributed by atoms with Gasteiger partial charge in [-0.1, -0.05) is 50.5 Å². The number of benzene rings is 2. The maximum Gasteiger partial charge on any atom is 0.251 e. The van der Waals surface area contributed by atoms with E-state index in [1.54, 1.807) is 24.5 Å². The number of hydrogen-bond donors (Lipinski definition) is 1. The van der Waals surface area contributed by atoms with Crippen molar-refractivity contribution in [3.05, 3.63) is 78.6 Å². The fourth-order valence-electron chi connectivity index (χ4n) is 3.40. The maximum atomic E-state index is 12.0. The number of rotatable bonds is 14. The van der Waals surface area contributed by atoms with Gasteiger partial charge in [0.15, 0.2) is 0 Å². The molecule has 2 aromatic carbocycles. The van der Waals surface area contributed by atoms with Gasteiger partial charge in [0.05, 0.1) is 13.2 Å². The molecule has 174 valence electrons. The Morgan fingerprint density at radius 2 is 1.27 bits per heavy atom. The van der Waals surface area contributed by atoms with Crippen LogP contribution in [-0.4, -0.2) is 30.6 Å². The van der Waals surface area contributed by atoms with Crippen LogP contribution in [-0.2, 0) is 0 Å². The summed E-state index contributed by atoms with van der Waals surface area (Å²) < 4.78 is 11.6. The van der Waals surface area contributed by atoms with Gasteiger partial charge in [-0.05, 0) is 66.8 Å². The molecule has 0 bridgehead atoms. The molecule has 0 fully saturated rings. The van der Waals surface area contributed by atoms with Crippen molar-refractivity contribution in [2.24, 2.45) is 0 Å². The van der Waals surface area contributed by atoms with Gasteiger partial charge < -0.3 is 14.8 Å². The number of pyridine rings is 1. The lowest BCUT2D eigenvalue weighted by molar-refractivity contribution is 0.0952. The van der Waals surface area contributed by atoms with Crippen LogP contribution >= 0.6 is 0 Å². The zero-order chi connectivity index (χ0) is 23.1. The van der Waals surface area contributed by atoms with Crippen LogP contribution < -0.4 is 14.8 Å². The Morgan fingerprint density at radius 1 is 0.727 bits per heavy atom. The molecule has 0 aliphatic rings. The monoisotopic (exact) mass is 446 g/mol. The zero-order valence-electron chi connectivity index (χ0n) is 19.5. The van der Waals surface area contributed by atoms with Crippen molar-refractivity contribution in [2.45, 2.75) is 45.4 Å². The maximum absolute atomic E-state index is 12.0. The summed E-state index contributed by atoms with van der Waals surface area (Å²) in [5.41, 5.74) is 2.98. The average molecular weight is 447 g/mol. The SMILES string of the molecule is CCCCOc1ccc(-c2ccc(OCCCCCCNC(=O)c3ccncc3)cc2)cc1. The van der Waals surface area contributed by atoms with Crippen LogP contribution in [0.25, 0.3) is 11.1 Å². The van der Waals surface area contributed by atoms with Crippen LogP contribution in [0.4, 0.5) is 0 Å². The predicted octanol–water partition coefficient (Wildman–Crippen LogP) is 6.30. The summed E-state index contributed by atoms with van der Waals surface area (Å²) in [6, 6.07) is 19.9. The molecule has 1 heterocycles. The van der Waals surface area contributed by atoms with Gasteiger partial charge in [-0.15, -0.1) is 0 Å². The third kappa shape index (κ3) is 8.60. The summed E-state index contributed by atoms with van der Waals surface area (Å²) in [6.07, 6.45) is 9.59. The minimum absolute atomic E-state index is 0.0413. The van der Waals surface area contributed by atoms with Gasteiger partial charge in [-0.2, -0.15) is 0 Å². The molecule has 33 heavy (non-hydrogen) atoms. The lowest BCUT2D eigenvalue weighted by Gasteiger charge is -2.09. The van der Waals surface area contributed by atoms with Crippen molar-refractivity contribution in [3.8, 4) is 22.6 Å². The van der Waals surface area contributed by atoms with Crippen LogP contribution in [0.3, 0.4) is 0 Å². The number of unbranched alkanes of at least 4 members (excludes halogenated alkanes) is 4. The Hall–Kier alpha value is -3.34. The minimum atomic E-state index is -0.0413. The van der Waals surface area contributed by atoms with E-state index in [0.717, 1.165) is 62.2 Å². The first kappa shape index (κ1) is 24.3. The van der Waals surface area contributed by atoms with E-state index in [4.69, 9.17) is 9.47 Å². The number of hydrogen-bond acceptors (Lipinski definition) is 4. The Kier molecular flexibility index (Phi) is 10.3. The lowest BCUT2D eigenvalue weighted by atomic mass is 10.1. The van der Waals surface area contributed by atoms with E-state index in [9.17, 15) is 4.79 Å². The van der Waals surface area contributed by atoms with Gasteiger partial charge in [0.25, 0.3) is 5.91 Å². The fourth-order valence-corrected chi connectivity index (χ4v) is 3.40. The Labute approximate surface area is 197 Å². The third-order valence-electron chi connectivity index (χ3n) is 5.38. The van der Waals surface area contributed by atoms with E-state index in [0.29, 0.717) is 18.7 Å². The zero-order valence-corrected chi connectivity index (χ0v) is 19.5. The van der Waals surface area contributed by atoms with Gasteiger partial charge in [0.1, 0.15) is 11.5 Å². The molecule has 5 nitrogen and oxygen atoms in total. The molecule has 3 aromatic rings. The van der Waals surface area contributed by atoms with Crippen molar-refractivity contribution in [2.75, 3.05) is 19.8 Å². The summed E-state index contributed by atoms with van der Waals surface area (Å²) in [6.45, 7) is 4.32. The molecule has 0 atom stereocenters. The summed E-state index contributed by atoms with van der Waals surface area (Å²) in [4.78, 5) is 15.9. The summed E-state index contributed by atoms with van der Waals surface area (Å²) in [5.74, 6) is 1.77. The highest BCUT2D eigenvalue weighted by molar-refractivity contribution is 5.93. The van der Waals surface area contributed by atoms with E-state index in [-0.39, 0.29) is 5.91 Å². The van der Waals surface area contributed by atoms with Crippen molar-refractivity contribution < 1.29 is 14.3 Å². The van der Waals surface area contributed by atoms with Crippen molar-refractivity contribution >= 4 is 5.91 Å². The quantitative estimate of drug-likeness (QED) is 0.295. The predicted molar refractivity (Wildman–Crippen MR) is 133 cm³/mol. The number of carbonyl (C=O) groups is 1. The molecule has 1 aromatic heterocycles. The minimum Gasteiger partial charge on any atom is -0.494 e. The molecule has 1 amide bonds. The van der Waals surface area contributed by atoms with Gasteiger partial charge in [0.2, 0.25) is 0 Å². The third-order valence-corrected chi connectivity index (χ3v) is 5.38. The smallest absolute Gasteiger partial charge is 0.251 e. The second-order valence-corrected chi connectivity index (χ2v) is 8.01. The van der Waals surface area contributed by atoms with E-state index < -0.39 is 0 Å².